The summed E-state index contributed by atoms with van der Waals surface area (Å²) in [4.78, 5) is 38.7. The number of aliphatic imine (C=N–C) groups is 1. The van der Waals surface area contributed by atoms with Gasteiger partial charge in [-0.2, -0.15) is 5.10 Å². The molecular weight excluding hydrogens is 478 g/mol. The van der Waals surface area contributed by atoms with Gasteiger partial charge in [0.1, 0.15) is 5.82 Å². The van der Waals surface area contributed by atoms with Crippen molar-refractivity contribution < 1.29 is 9.59 Å². The average Bonchev–Trinajstić information content (AvgIpc) is 3.50. The Hall–Kier alpha value is -3.46. The van der Waals surface area contributed by atoms with E-state index in [2.05, 4.69) is 21.9 Å². The molecule has 9 nitrogen and oxygen atoms in total. The van der Waals surface area contributed by atoms with Gasteiger partial charge in [0.25, 0.3) is 5.91 Å². The molecule has 10 heteroatoms. The lowest BCUT2D eigenvalue weighted by atomic mass is 9.98. The van der Waals surface area contributed by atoms with Crippen LogP contribution in [0.15, 0.2) is 35.5 Å². The lowest BCUT2D eigenvalue weighted by Crippen LogP contribution is -2.39. The quantitative estimate of drug-likeness (QED) is 0.519. The van der Waals surface area contributed by atoms with Crippen LogP contribution in [0.1, 0.15) is 60.3 Å². The predicted octanol–water partition coefficient (Wildman–Crippen LogP) is 4.30. The minimum absolute atomic E-state index is 0.173. The minimum Gasteiger partial charge on any atom is -0.354 e. The maximum absolute atomic E-state index is 13.7. The van der Waals surface area contributed by atoms with Crippen LogP contribution in [-0.2, 0) is 4.79 Å². The third-order valence-corrected chi connectivity index (χ3v) is 7.21. The molecule has 2 aliphatic rings. The van der Waals surface area contributed by atoms with Gasteiger partial charge in [0.15, 0.2) is 5.65 Å². The first-order chi connectivity index (χ1) is 17.3. The number of piperidine rings is 1. The van der Waals surface area contributed by atoms with E-state index in [1.165, 1.54) is 6.92 Å². The third-order valence-electron chi connectivity index (χ3n) is 6.97. The molecule has 0 unspecified atom stereocenters. The molecule has 2 fully saturated rings. The number of amides is 2. The standard InChI is InChI=1S/C26H30ClN7O2/c1-16-14-34-24(30-25(16)32-11-9-19(15-32)28-3)13-22(31-34)23-6-4-5-10-33(23)26(36)20-12-18(27)7-8-21(20)29-17(2)35/h7-8,12-14,19,23H,3-6,9-11,15H2,1-2H3,(H,29,35)/t19-,23-/m0/s1. The highest BCUT2D eigenvalue weighted by atomic mass is 35.5. The summed E-state index contributed by atoms with van der Waals surface area (Å²) in [6.45, 7) is 9.47. The van der Waals surface area contributed by atoms with E-state index in [1.54, 1.807) is 22.7 Å². The van der Waals surface area contributed by atoms with Crippen molar-refractivity contribution in [3.8, 4) is 0 Å². The maximum atomic E-state index is 13.7. The predicted molar refractivity (Wildman–Crippen MR) is 141 cm³/mol. The normalized spacial score (nSPS) is 20.1. The number of nitrogens with one attached hydrogen (secondary N) is 1. The number of anilines is 2. The van der Waals surface area contributed by atoms with E-state index < -0.39 is 0 Å². The van der Waals surface area contributed by atoms with E-state index in [0.29, 0.717) is 22.8 Å². The Bertz CT molecular complexity index is 1340. The monoisotopic (exact) mass is 507 g/mol. The number of likely N-dealkylation sites (tertiary alicyclic amines) is 1. The van der Waals surface area contributed by atoms with Crippen LogP contribution in [0.3, 0.4) is 0 Å². The molecule has 5 rings (SSSR count). The van der Waals surface area contributed by atoms with E-state index >= 15 is 0 Å². The molecule has 0 spiro atoms. The Balaban J connectivity index is 1.47. The number of hydrogen-bond acceptors (Lipinski definition) is 6. The van der Waals surface area contributed by atoms with Gasteiger partial charge in [0.2, 0.25) is 5.91 Å². The first-order valence-electron chi connectivity index (χ1n) is 12.3. The Kier molecular flexibility index (Phi) is 6.66. The molecule has 4 heterocycles. The molecule has 3 aromatic rings. The summed E-state index contributed by atoms with van der Waals surface area (Å²) in [6, 6.07) is 6.97. The summed E-state index contributed by atoms with van der Waals surface area (Å²) in [6.07, 6.45) is 5.68. The number of fused-ring (bicyclic) bond motifs is 1. The lowest BCUT2D eigenvalue weighted by molar-refractivity contribution is -0.114. The van der Waals surface area contributed by atoms with Gasteiger partial charge >= 0.3 is 0 Å². The molecule has 0 radical (unpaired) electrons. The number of nitrogens with zero attached hydrogens (tertiary/aromatic N) is 6. The van der Waals surface area contributed by atoms with Crippen LogP contribution in [0.4, 0.5) is 11.5 Å². The van der Waals surface area contributed by atoms with E-state index in [4.69, 9.17) is 21.7 Å². The molecule has 2 amide bonds. The van der Waals surface area contributed by atoms with Crippen molar-refractivity contribution in [1.82, 2.24) is 19.5 Å². The molecule has 1 aromatic carbocycles. The van der Waals surface area contributed by atoms with E-state index in [0.717, 1.165) is 61.5 Å². The summed E-state index contributed by atoms with van der Waals surface area (Å²) in [5, 5.41) is 8.02. The van der Waals surface area contributed by atoms with Crippen molar-refractivity contribution in [3.05, 3.63) is 52.3 Å². The van der Waals surface area contributed by atoms with E-state index in [9.17, 15) is 9.59 Å². The number of aromatic nitrogens is 3. The fourth-order valence-electron chi connectivity index (χ4n) is 5.21. The number of carbonyl (C=O) groups excluding carboxylic acids is 2. The number of halogens is 1. The molecule has 0 saturated carbocycles. The van der Waals surface area contributed by atoms with Gasteiger partial charge in [-0.3, -0.25) is 14.6 Å². The van der Waals surface area contributed by atoms with Crippen molar-refractivity contribution in [1.29, 1.82) is 0 Å². The van der Waals surface area contributed by atoms with Gasteiger partial charge in [-0.25, -0.2) is 9.50 Å². The van der Waals surface area contributed by atoms with Crippen molar-refractivity contribution >= 4 is 47.3 Å². The second-order valence-electron chi connectivity index (χ2n) is 9.57. The number of aryl methyl sites for hydroxylation is 1. The summed E-state index contributed by atoms with van der Waals surface area (Å²) < 4.78 is 1.80. The summed E-state index contributed by atoms with van der Waals surface area (Å²) in [5.41, 5.74) is 3.43. The topological polar surface area (TPSA) is 95.2 Å². The molecule has 2 saturated heterocycles. The highest BCUT2D eigenvalue weighted by Crippen LogP contribution is 2.34. The second kappa shape index (κ2) is 9.89. The zero-order valence-electron chi connectivity index (χ0n) is 20.6. The summed E-state index contributed by atoms with van der Waals surface area (Å²) in [7, 11) is 0. The van der Waals surface area contributed by atoms with Gasteiger partial charge in [0, 0.05) is 49.4 Å². The Morgan fingerprint density at radius 1 is 1.19 bits per heavy atom. The number of hydrogen-bond donors (Lipinski definition) is 1. The van der Waals surface area contributed by atoms with Gasteiger partial charge < -0.3 is 15.1 Å². The van der Waals surface area contributed by atoms with Crippen LogP contribution in [0.25, 0.3) is 5.65 Å². The Morgan fingerprint density at radius 2 is 2.03 bits per heavy atom. The van der Waals surface area contributed by atoms with Gasteiger partial charge in [-0.05, 0) is 57.5 Å². The maximum Gasteiger partial charge on any atom is 0.256 e. The minimum atomic E-state index is -0.243. The molecule has 0 bridgehead atoms. The van der Waals surface area contributed by atoms with Crippen LogP contribution in [0.2, 0.25) is 5.02 Å². The molecule has 1 N–H and O–H groups in total. The number of benzene rings is 1. The van der Waals surface area contributed by atoms with Crippen LogP contribution in [-0.4, -0.2) is 63.7 Å². The lowest BCUT2D eigenvalue weighted by Gasteiger charge is -2.35. The highest BCUT2D eigenvalue weighted by Gasteiger charge is 2.32. The van der Waals surface area contributed by atoms with Crippen molar-refractivity contribution in [2.24, 2.45) is 4.99 Å². The van der Waals surface area contributed by atoms with Crippen LogP contribution < -0.4 is 10.2 Å². The molecule has 2 atom stereocenters. The number of carbonyl (C=O) groups is 2. The van der Waals surface area contributed by atoms with E-state index in [1.807, 2.05) is 24.1 Å². The SMILES string of the molecule is C=N[C@H]1CCN(c2nc3cc([C@@H]4CCCCN4C(=O)c4cc(Cl)ccc4NC(C)=O)nn3cc2C)C1. The highest BCUT2D eigenvalue weighted by molar-refractivity contribution is 6.31. The van der Waals surface area contributed by atoms with Gasteiger partial charge in [0.05, 0.1) is 29.0 Å². The smallest absolute Gasteiger partial charge is 0.256 e. The molecule has 188 valence electrons. The first kappa shape index (κ1) is 24.2. The molecule has 0 aliphatic carbocycles. The molecular formula is C26H30ClN7O2. The van der Waals surface area contributed by atoms with E-state index in [-0.39, 0.29) is 23.9 Å². The van der Waals surface area contributed by atoms with Crippen molar-refractivity contribution in [2.75, 3.05) is 29.9 Å². The Morgan fingerprint density at radius 3 is 2.78 bits per heavy atom. The zero-order chi connectivity index (χ0) is 25.4. The number of rotatable bonds is 5. The van der Waals surface area contributed by atoms with Gasteiger partial charge in [-0.15, -0.1) is 0 Å². The second-order valence-corrected chi connectivity index (χ2v) is 10.0. The zero-order valence-corrected chi connectivity index (χ0v) is 21.3. The molecule has 2 aromatic heterocycles. The van der Waals surface area contributed by atoms with Crippen LogP contribution >= 0.6 is 11.6 Å². The fraction of sp³-hybridized carbons (Fsp3) is 0.423. The molecule has 36 heavy (non-hydrogen) atoms. The van der Waals surface area contributed by atoms with Crippen LogP contribution in [0, 0.1) is 6.92 Å². The third kappa shape index (κ3) is 4.67. The van der Waals surface area contributed by atoms with Crippen molar-refractivity contribution in [3.63, 3.8) is 0 Å². The summed E-state index contributed by atoms with van der Waals surface area (Å²) >= 11 is 6.22. The summed E-state index contributed by atoms with van der Waals surface area (Å²) in [5.74, 6) is 0.524. The molecule has 2 aliphatic heterocycles. The largest absolute Gasteiger partial charge is 0.354 e. The Labute approximate surface area is 215 Å². The average molecular weight is 508 g/mol. The van der Waals surface area contributed by atoms with Gasteiger partial charge in [-0.1, -0.05) is 11.6 Å². The fourth-order valence-corrected chi connectivity index (χ4v) is 5.39. The first-order valence-corrected chi connectivity index (χ1v) is 12.7. The van der Waals surface area contributed by atoms with Crippen molar-refractivity contribution in [2.45, 2.75) is 51.6 Å². The van der Waals surface area contributed by atoms with Crippen LogP contribution in [0.5, 0.6) is 0 Å².